The molecule has 1 aliphatic heterocycles. The van der Waals surface area contributed by atoms with Crippen LogP contribution in [0.5, 0.6) is 0 Å². The van der Waals surface area contributed by atoms with E-state index in [-0.39, 0.29) is 11.8 Å². The summed E-state index contributed by atoms with van der Waals surface area (Å²) in [5, 5.41) is 0. The fourth-order valence-electron chi connectivity index (χ4n) is 4.47. The number of sulfonamides is 1. The summed E-state index contributed by atoms with van der Waals surface area (Å²) in [7, 11) is -1.75. The van der Waals surface area contributed by atoms with Gasteiger partial charge in [-0.3, -0.25) is 4.79 Å². The summed E-state index contributed by atoms with van der Waals surface area (Å²) in [5.74, 6) is -0.0408. The van der Waals surface area contributed by atoms with Crippen LogP contribution in [-0.4, -0.2) is 43.7 Å². The van der Waals surface area contributed by atoms with Gasteiger partial charge in [0.25, 0.3) is 0 Å². The van der Waals surface area contributed by atoms with Crippen molar-refractivity contribution in [3.8, 4) is 0 Å². The van der Waals surface area contributed by atoms with E-state index in [0.29, 0.717) is 37.4 Å². The molecule has 0 aliphatic carbocycles. The molecule has 6 heteroatoms. The van der Waals surface area contributed by atoms with E-state index in [4.69, 9.17) is 0 Å². The summed E-state index contributed by atoms with van der Waals surface area (Å²) in [6.45, 7) is 11.0. The van der Waals surface area contributed by atoms with Crippen molar-refractivity contribution in [1.82, 2.24) is 9.21 Å². The molecule has 0 aromatic heterocycles. The number of nitrogens with zero attached hydrogens (tertiary/aromatic N) is 2. The lowest BCUT2D eigenvalue weighted by Gasteiger charge is -2.33. The summed E-state index contributed by atoms with van der Waals surface area (Å²) in [4.78, 5) is 15.2. The highest BCUT2D eigenvalue weighted by Gasteiger charge is 2.35. The van der Waals surface area contributed by atoms with Gasteiger partial charge in [0.05, 0.1) is 4.90 Å². The van der Waals surface area contributed by atoms with Gasteiger partial charge in [0.2, 0.25) is 15.9 Å². The molecule has 0 atom stereocenters. The van der Waals surface area contributed by atoms with Gasteiger partial charge in [0, 0.05) is 32.6 Å². The first-order chi connectivity index (χ1) is 14.5. The fraction of sp³-hybridized carbons (Fsp3) is 0.480. The van der Waals surface area contributed by atoms with Gasteiger partial charge in [-0.05, 0) is 80.8 Å². The molecule has 1 heterocycles. The molecule has 0 bridgehead atoms. The largest absolute Gasteiger partial charge is 0.341 e. The van der Waals surface area contributed by atoms with Gasteiger partial charge in [-0.1, -0.05) is 30.3 Å². The number of piperidine rings is 1. The number of rotatable bonds is 5. The van der Waals surface area contributed by atoms with Crippen molar-refractivity contribution in [2.24, 2.45) is 5.92 Å². The van der Waals surface area contributed by atoms with Gasteiger partial charge in [-0.15, -0.1) is 0 Å². The second-order valence-electron chi connectivity index (χ2n) is 8.89. The first kappa shape index (κ1) is 23.5. The molecule has 1 saturated heterocycles. The predicted molar refractivity (Wildman–Crippen MR) is 125 cm³/mol. The van der Waals surface area contributed by atoms with E-state index < -0.39 is 10.0 Å². The Hall–Kier alpha value is -2.18. The third-order valence-electron chi connectivity index (χ3n) is 6.74. The van der Waals surface area contributed by atoms with Crippen molar-refractivity contribution < 1.29 is 13.2 Å². The number of amides is 1. The van der Waals surface area contributed by atoms with Crippen LogP contribution >= 0.6 is 0 Å². The quantitative estimate of drug-likeness (QED) is 0.694. The minimum Gasteiger partial charge on any atom is -0.341 e. The third kappa shape index (κ3) is 4.70. The molecular formula is C25H34N2O3S. The second kappa shape index (κ2) is 9.13. The van der Waals surface area contributed by atoms with Crippen molar-refractivity contribution in [1.29, 1.82) is 0 Å². The van der Waals surface area contributed by atoms with Crippen LogP contribution in [0.2, 0.25) is 0 Å². The molecule has 2 aromatic rings. The Labute approximate surface area is 187 Å². The fourth-order valence-corrected chi connectivity index (χ4v) is 6.52. The Morgan fingerprint density at radius 2 is 1.52 bits per heavy atom. The Bertz CT molecular complexity index is 1060. The summed E-state index contributed by atoms with van der Waals surface area (Å²) < 4.78 is 28.5. The number of carbonyl (C=O) groups excluding carboxylic acids is 1. The highest BCUT2D eigenvalue weighted by Crippen LogP contribution is 2.31. The SMILES string of the molecule is Cc1ccccc1CN(C)C(=O)C1CCN(S(=O)(=O)c2c(C)c(C)cc(C)c2C)CC1. The van der Waals surface area contributed by atoms with E-state index in [1.54, 1.807) is 9.21 Å². The van der Waals surface area contributed by atoms with Crippen molar-refractivity contribution in [3.05, 3.63) is 63.7 Å². The van der Waals surface area contributed by atoms with Crippen LogP contribution in [0.1, 0.15) is 46.2 Å². The summed E-state index contributed by atoms with van der Waals surface area (Å²) >= 11 is 0. The Kier molecular flexibility index (Phi) is 6.92. The Balaban J connectivity index is 1.71. The minimum absolute atomic E-state index is 0.0964. The predicted octanol–water partition coefficient (Wildman–Crippen LogP) is 4.29. The van der Waals surface area contributed by atoms with E-state index >= 15 is 0 Å². The van der Waals surface area contributed by atoms with Gasteiger partial charge >= 0.3 is 0 Å². The third-order valence-corrected chi connectivity index (χ3v) is 8.92. The molecular weight excluding hydrogens is 408 g/mol. The maximum atomic E-state index is 13.5. The maximum Gasteiger partial charge on any atom is 0.243 e. The lowest BCUT2D eigenvalue weighted by molar-refractivity contribution is -0.135. The molecule has 168 valence electrons. The molecule has 0 radical (unpaired) electrons. The Morgan fingerprint density at radius 3 is 2.06 bits per heavy atom. The zero-order valence-electron chi connectivity index (χ0n) is 19.5. The number of aryl methyl sites for hydroxylation is 3. The van der Waals surface area contributed by atoms with Crippen LogP contribution in [-0.2, 0) is 21.4 Å². The molecule has 0 spiro atoms. The molecule has 31 heavy (non-hydrogen) atoms. The Morgan fingerprint density at radius 1 is 0.968 bits per heavy atom. The van der Waals surface area contributed by atoms with Crippen LogP contribution in [0.3, 0.4) is 0 Å². The van der Waals surface area contributed by atoms with E-state index in [1.807, 2.05) is 72.0 Å². The summed E-state index contributed by atoms with van der Waals surface area (Å²) in [5.41, 5.74) is 5.93. The molecule has 2 aromatic carbocycles. The summed E-state index contributed by atoms with van der Waals surface area (Å²) in [6.07, 6.45) is 1.11. The monoisotopic (exact) mass is 442 g/mol. The maximum absolute atomic E-state index is 13.5. The smallest absolute Gasteiger partial charge is 0.243 e. The molecule has 1 amide bonds. The zero-order chi connectivity index (χ0) is 22.9. The van der Waals surface area contributed by atoms with E-state index in [0.717, 1.165) is 27.8 Å². The standard InChI is InChI=1S/C25H34N2O3S/c1-17-9-7-8-10-23(17)16-26(6)25(28)22-11-13-27(14-12-22)31(29,30)24-20(4)18(2)15-19(3)21(24)5/h7-10,15,22H,11-14,16H2,1-6H3. The van der Waals surface area contributed by atoms with Crippen molar-refractivity contribution in [2.75, 3.05) is 20.1 Å². The van der Waals surface area contributed by atoms with Crippen LogP contribution in [0.25, 0.3) is 0 Å². The van der Waals surface area contributed by atoms with Gasteiger partial charge in [-0.25, -0.2) is 8.42 Å². The first-order valence-electron chi connectivity index (χ1n) is 10.9. The average molecular weight is 443 g/mol. The number of benzene rings is 2. The van der Waals surface area contributed by atoms with Crippen molar-refractivity contribution >= 4 is 15.9 Å². The van der Waals surface area contributed by atoms with Gasteiger partial charge in [0.15, 0.2) is 0 Å². The topological polar surface area (TPSA) is 57.7 Å². The normalized spacial score (nSPS) is 15.8. The molecule has 5 nitrogen and oxygen atoms in total. The van der Waals surface area contributed by atoms with Crippen molar-refractivity contribution in [3.63, 3.8) is 0 Å². The molecule has 0 saturated carbocycles. The second-order valence-corrected chi connectivity index (χ2v) is 10.8. The van der Waals surface area contributed by atoms with Crippen LogP contribution in [0.4, 0.5) is 0 Å². The van der Waals surface area contributed by atoms with E-state index in [9.17, 15) is 13.2 Å². The number of carbonyl (C=O) groups is 1. The van der Waals surface area contributed by atoms with Crippen LogP contribution in [0, 0.1) is 40.5 Å². The van der Waals surface area contributed by atoms with Crippen molar-refractivity contribution in [2.45, 2.75) is 58.9 Å². The lowest BCUT2D eigenvalue weighted by Crippen LogP contribution is -2.43. The van der Waals surface area contributed by atoms with E-state index in [2.05, 4.69) is 0 Å². The lowest BCUT2D eigenvalue weighted by atomic mass is 9.96. The van der Waals surface area contributed by atoms with E-state index in [1.165, 1.54) is 5.56 Å². The molecule has 0 N–H and O–H groups in total. The number of hydrogen-bond acceptors (Lipinski definition) is 3. The average Bonchev–Trinajstić information content (AvgIpc) is 2.73. The zero-order valence-corrected chi connectivity index (χ0v) is 20.3. The molecule has 0 unspecified atom stereocenters. The summed E-state index contributed by atoms with van der Waals surface area (Å²) in [6, 6.07) is 10.1. The number of hydrogen-bond donors (Lipinski definition) is 0. The van der Waals surface area contributed by atoms with Gasteiger partial charge < -0.3 is 4.90 Å². The van der Waals surface area contributed by atoms with Crippen LogP contribution in [0.15, 0.2) is 35.2 Å². The minimum atomic E-state index is -3.58. The first-order valence-corrected chi connectivity index (χ1v) is 12.3. The van der Waals surface area contributed by atoms with Crippen LogP contribution < -0.4 is 0 Å². The van der Waals surface area contributed by atoms with Gasteiger partial charge in [-0.2, -0.15) is 4.31 Å². The molecule has 1 fully saturated rings. The molecule has 3 rings (SSSR count). The highest BCUT2D eigenvalue weighted by molar-refractivity contribution is 7.89. The van der Waals surface area contributed by atoms with Gasteiger partial charge in [0.1, 0.15) is 0 Å². The highest BCUT2D eigenvalue weighted by atomic mass is 32.2. The molecule has 1 aliphatic rings.